The van der Waals surface area contributed by atoms with Crippen molar-refractivity contribution in [2.75, 3.05) is 17.7 Å². The molecular formula is C18H16Cl2N4OS. The second-order valence-corrected chi connectivity index (χ2v) is 6.65. The number of hydrogen-bond donors (Lipinski definition) is 2. The van der Waals surface area contributed by atoms with Gasteiger partial charge in [-0.15, -0.1) is 0 Å². The van der Waals surface area contributed by atoms with Crippen LogP contribution in [0.4, 0.5) is 11.5 Å². The predicted molar refractivity (Wildman–Crippen MR) is 111 cm³/mol. The van der Waals surface area contributed by atoms with Crippen LogP contribution < -0.4 is 15.4 Å². The summed E-state index contributed by atoms with van der Waals surface area (Å²) in [5.74, 6) is 1.21. The van der Waals surface area contributed by atoms with E-state index in [-0.39, 0.29) is 0 Å². The van der Waals surface area contributed by atoms with Gasteiger partial charge in [-0.05, 0) is 36.0 Å². The first-order valence-corrected chi connectivity index (χ1v) is 8.90. The fourth-order valence-electron chi connectivity index (χ4n) is 2.33. The number of rotatable bonds is 5. The van der Waals surface area contributed by atoms with E-state index < -0.39 is 0 Å². The van der Waals surface area contributed by atoms with E-state index in [0.717, 1.165) is 17.0 Å². The van der Waals surface area contributed by atoms with Gasteiger partial charge in [0, 0.05) is 23.0 Å². The Morgan fingerprint density at radius 1 is 1.12 bits per heavy atom. The maximum absolute atomic E-state index is 6.26. The van der Waals surface area contributed by atoms with Crippen LogP contribution in [0.3, 0.4) is 0 Å². The second kappa shape index (κ2) is 8.40. The maximum Gasteiger partial charge on any atom is 0.176 e. The van der Waals surface area contributed by atoms with Crippen LogP contribution in [0.1, 0.15) is 5.56 Å². The third kappa shape index (κ3) is 4.66. The molecule has 0 aliphatic heterocycles. The Hall–Kier alpha value is -2.28. The van der Waals surface area contributed by atoms with Crippen LogP contribution >= 0.6 is 35.4 Å². The number of aromatic nitrogens is 2. The molecule has 5 nitrogen and oxygen atoms in total. The fourth-order valence-corrected chi connectivity index (χ4v) is 2.94. The van der Waals surface area contributed by atoms with Gasteiger partial charge in [-0.25, -0.2) is 0 Å². The summed E-state index contributed by atoms with van der Waals surface area (Å²) in [6, 6.07) is 15.0. The quantitative estimate of drug-likeness (QED) is 0.580. The normalized spacial score (nSPS) is 10.4. The highest BCUT2D eigenvalue weighted by Gasteiger charge is 2.10. The van der Waals surface area contributed by atoms with Gasteiger partial charge in [0.05, 0.1) is 13.7 Å². The Labute approximate surface area is 166 Å². The van der Waals surface area contributed by atoms with E-state index in [4.69, 9.17) is 40.2 Å². The van der Waals surface area contributed by atoms with Crippen molar-refractivity contribution < 1.29 is 4.74 Å². The highest BCUT2D eigenvalue weighted by atomic mass is 35.5. The molecule has 0 bridgehead atoms. The summed E-state index contributed by atoms with van der Waals surface area (Å²) >= 11 is 17.8. The van der Waals surface area contributed by atoms with E-state index in [1.165, 1.54) is 0 Å². The Balaban J connectivity index is 1.67. The van der Waals surface area contributed by atoms with E-state index in [1.54, 1.807) is 18.0 Å². The predicted octanol–water partition coefficient (Wildman–Crippen LogP) is 5.06. The van der Waals surface area contributed by atoms with Crippen molar-refractivity contribution in [1.29, 1.82) is 0 Å². The molecule has 2 aromatic carbocycles. The van der Waals surface area contributed by atoms with Gasteiger partial charge < -0.3 is 15.4 Å². The van der Waals surface area contributed by atoms with E-state index in [0.29, 0.717) is 27.5 Å². The number of ether oxygens (including phenoxy) is 1. The number of halogens is 2. The third-order valence-corrected chi connectivity index (χ3v) is 4.42. The van der Waals surface area contributed by atoms with Gasteiger partial charge in [0.25, 0.3) is 0 Å². The van der Waals surface area contributed by atoms with E-state index in [1.807, 2.05) is 48.5 Å². The van der Waals surface area contributed by atoms with Crippen molar-refractivity contribution in [3.63, 3.8) is 0 Å². The number of nitrogens with one attached hydrogen (secondary N) is 2. The standard InChI is InChI=1S/C18H16Cl2N4OS/c1-25-14-7-4-6-13(9-14)21-18(26)22-17-16(20)11-24(23-17)10-12-5-2-3-8-15(12)19/h2-9,11H,10H2,1H3,(H2,21,22,23,26). The third-order valence-electron chi connectivity index (χ3n) is 3.57. The number of nitrogens with zero attached hydrogens (tertiary/aromatic N) is 2. The lowest BCUT2D eigenvalue weighted by Gasteiger charge is -2.10. The first-order chi connectivity index (χ1) is 12.5. The Morgan fingerprint density at radius 2 is 1.92 bits per heavy atom. The summed E-state index contributed by atoms with van der Waals surface area (Å²) in [6.07, 6.45) is 1.72. The van der Waals surface area contributed by atoms with E-state index >= 15 is 0 Å². The zero-order valence-electron chi connectivity index (χ0n) is 13.9. The number of methoxy groups -OCH3 is 1. The fraction of sp³-hybridized carbons (Fsp3) is 0.111. The van der Waals surface area contributed by atoms with Gasteiger partial charge >= 0.3 is 0 Å². The molecule has 0 atom stereocenters. The molecule has 0 radical (unpaired) electrons. The molecule has 1 aromatic heterocycles. The van der Waals surface area contributed by atoms with Crippen LogP contribution in [-0.4, -0.2) is 22.0 Å². The van der Waals surface area contributed by atoms with Gasteiger partial charge in [-0.2, -0.15) is 5.10 Å². The lowest BCUT2D eigenvalue weighted by molar-refractivity contribution is 0.415. The molecule has 3 aromatic rings. The van der Waals surface area contributed by atoms with Crippen molar-refractivity contribution in [2.45, 2.75) is 6.54 Å². The molecule has 0 saturated carbocycles. The topological polar surface area (TPSA) is 51.1 Å². The van der Waals surface area contributed by atoms with E-state index in [2.05, 4.69) is 15.7 Å². The lowest BCUT2D eigenvalue weighted by Crippen LogP contribution is -2.19. The average molecular weight is 407 g/mol. The highest BCUT2D eigenvalue weighted by Crippen LogP contribution is 2.23. The van der Waals surface area contributed by atoms with Gasteiger partial charge in [-0.3, -0.25) is 4.68 Å². The summed E-state index contributed by atoms with van der Waals surface area (Å²) in [5.41, 5.74) is 1.76. The summed E-state index contributed by atoms with van der Waals surface area (Å²) in [7, 11) is 1.61. The van der Waals surface area contributed by atoms with Crippen LogP contribution in [0, 0.1) is 0 Å². The maximum atomic E-state index is 6.26. The van der Waals surface area contributed by atoms with Crippen molar-refractivity contribution in [2.24, 2.45) is 0 Å². The molecule has 0 aliphatic rings. The molecule has 0 amide bonds. The average Bonchev–Trinajstić information content (AvgIpc) is 2.96. The largest absolute Gasteiger partial charge is 0.497 e. The van der Waals surface area contributed by atoms with E-state index in [9.17, 15) is 0 Å². The SMILES string of the molecule is COc1cccc(NC(=S)Nc2nn(Cc3ccccc3Cl)cc2Cl)c1. The van der Waals surface area contributed by atoms with Gasteiger partial charge in [0.2, 0.25) is 0 Å². The minimum atomic E-state index is 0.378. The van der Waals surface area contributed by atoms with Crippen molar-refractivity contribution in [3.8, 4) is 5.75 Å². The summed E-state index contributed by atoms with van der Waals surface area (Å²) in [4.78, 5) is 0. The summed E-state index contributed by atoms with van der Waals surface area (Å²) in [5, 5.41) is 12.0. The van der Waals surface area contributed by atoms with Crippen LogP contribution in [0.2, 0.25) is 10.0 Å². The van der Waals surface area contributed by atoms with Gasteiger partial charge in [0.1, 0.15) is 10.8 Å². The Bertz CT molecular complexity index is 929. The van der Waals surface area contributed by atoms with Crippen LogP contribution in [0.5, 0.6) is 5.75 Å². The molecule has 8 heteroatoms. The van der Waals surface area contributed by atoms with Gasteiger partial charge in [0.15, 0.2) is 10.9 Å². The van der Waals surface area contributed by atoms with Crippen molar-refractivity contribution >= 4 is 52.0 Å². The summed E-state index contributed by atoms with van der Waals surface area (Å²) < 4.78 is 6.90. The molecular weight excluding hydrogens is 391 g/mol. The molecule has 0 unspecified atom stereocenters. The molecule has 1 heterocycles. The molecule has 0 spiro atoms. The van der Waals surface area contributed by atoms with Crippen LogP contribution in [0.25, 0.3) is 0 Å². The smallest absolute Gasteiger partial charge is 0.176 e. The van der Waals surface area contributed by atoms with Crippen molar-refractivity contribution in [1.82, 2.24) is 9.78 Å². The summed E-state index contributed by atoms with van der Waals surface area (Å²) in [6.45, 7) is 0.511. The second-order valence-electron chi connectivity index (χ2n) is 5.43. The minimum Gasteiger partial charge on any atom is -0.497 e. The molecule has 2 N–H and O–H groups in total. The zero-order chi connectivity index (χ0) is 18.5. The molecule has 3 rings (SSSR count). The Morgan fingerprint density at radius 3 is 2.69 bits per heavy atom. The molecule has 0 fully saturated rings. The number of anilines is 2. The molecule has 0 aliphatic carbocycles. The lowest BCUT2D eigenvalue weighted by atomic mass is 10.2. The Kier molecular flexibility index (Phi) is 5.98. The van der Waals surface area contributed by atoms with Crippen LogP contribution in [0.15, 0.2) is 54.7 Å². The number of hydrogen-bond acceptors (Lipinski definition) is 3. The van der Waals surface area contributed by atoms with Crippen molar-refractivity contribution in [3.05, 3.63) is 70.3 Å². The minimum absolute atomic E-state index is 0.378. The number of thiocarbonyl (C=S) groups is 1. The van der Waals surface area contributed by atoms with Gasteiger partial charge in [-0.1, -0.05) is 47.5 Å². The molecule has 0 saturated heterocycles. The number of benzene rings is 2. The monoisotopic (exact) mass is 406 g/mol. The van der Waals surface area contributed by atoms with Crippen LogP contribution in [-0.2, 0) is 6.54 Å². The first-order valence-electron chi connectivity index (χ1n) is 7.73. The first kappa shape index (κ1) is 18.5. The molecule has 26 heavy (non-hydrogen) atoms. The highest BCUT2D eigenvalue weighted by molar-refractivity contribution is 7.80. The molecule has 134 valence electrons. The zero-order valence-corrected chi connectivity index (χ0v) is 16.2.